The van der Waals surface area contributed by atoms with E-state index in [1.54, 1.807) is 38.6 Å². The summed E-state index contributed by atoms with van der Waals surface area (Å²) >= 11 is 0. The van der Waals surface area contributed by atoms with E-state index >= 15 is 0 Å². The predicted octanol–water partition coefficient (Wildman–Crippen LogP) is 4.11. The Morgan fingerprint density at radius 2 is 1.76 bits per heavy atom. The molecule has 1 aliphatic heterocycles. The van der Waals surface area contributed by atoms with E-state index in [-0.39, 0.29) is 11.8 Å². The molecule has 0 amide bonds. The quantitative estimate of drug-likeness (QED) is 0.485. The lowest BCUT2D eigenvalue weighted by atomic mass is 10.2. The molecule has 0 saturated carbocycles. The zero-order valence-corrected chi connectivity index (χ0v) is 20.8. The van der Waals surface area contributed by atoms with Crippen LogP contribution in [0.25, 0.3) is 0 Å². The molecule has 1 fully saturated rings. The third-order valence-electron chi connectivity index (χ3n) is 5.78. The third kappa shape index (κ3) is 5.48. The van der Waals surface area contributed by atoms with Crippen LogP contribution in [0.4, 0.5) is 33.2 Å². The van der Waals surface area contributed by atoms with Crippen LogP contribution in [-0.2, 0) is 4.57 Å². The van der Waals surface area contributed by atoms with Crippen LogP contribution in [0, 0.1) is 5.82 Å². The van der Waals surface area contributed by atoms with Crippen molar-refractivity contribution >= 4 is 41.3 Å². The minimum Gasteiger partial charge on any atom is -0.494 e. The highest BCUT2D eigenvalue weighted by molar-refractivity contribution is 7.70. The van der Waals surface area contributed by atoms with Gasteiger partial charge in [-0.15, -0.1) is 0 Å². The van der Waals surface area contributed by atoms with Gasteiger partial charge in [0.15, 0.2) is 11.6 Å². The second-order valence-electron chi connectivity index (χ2n) is 8.68. The molecular formula is C24H30FN6O2P. The molecule has 1 aliphatic rings. The number of rotatable bonds is 7. The Bertz CT molecular complexity index is 1210. The summed E-state index contributed by atoms with van der Waals surface area (Å²) in [5, 5.41) is 6.73. The molecule has 34 heavy (non-hydrogen) atoms. The Kier molecular flexibility index (Phi) is 7.05. The summed E-state index contributed by atoms with van der Waals surface area (Å²) in [7, 11) is 1.16. The molecule has 4 rings (SSSR count). The molecule has 1 saturated heterocycles. The molecule has 1 aromatic heterocycles. The zero-order chi connectivity index (χ0) is 24.3. The summed E-state index contributed by atoms with van der Waals surface area (Å²) in [6.45, 7) is 7.27. The Morgan fingerprint density at radius 1 is 1.03 bits per heavy atom. The zero-order valence-electron chi connectivity index (χ0n) is 19.9. The molecular weight excluding hydrogens is 454 g/mol. The highest BCUT2D eigenvalue weighted by Crippen LogP contribution is 2.38. The number of methoxy groups -OCH3 is 1. The van der Waals surface area contributed by atoms with Crippen LogP contribution >= 0.6 is 7.14 Å². The van der Waals surface area contributed by atoms with Crippen LogP contribution in [0.5, 0.6) is 5.75 Å². The number of nitrogens with one attached hydrogen (secondary N) is 2. The van der Waals surface area contributed by atoms with E-state index in [0.29, 0.717) is 22.4 Å². The monoisotopic (exact) mass is 484 g/mol. The van der Waals surface area contributed by atoms with Gasteiger partial charge in [0, 0.05) is 43.2 Å². The van der Waals surface area contributed by atoms with Crippen LogP contribution in [-0.4, -0.2) is 68.5 Å². The topological polar surface area (TPSA) is 82.6 Å². The average molecular weight is 485 g/mol. The fourth-order valence-corrected chi connectivity index (χ4v) is 5.01. The Balaban J connectivity index is 1.56. The molecule has 2 heterocycles. The SMILES string of the molecule is COc1cc(N2CCN(C)CC2)ccc1Nc1ncc(F)c(Nc2ccccc2P(C)(C)=O)n1. The number of anilines is 5. The Labute approximate surface area is 199 Å². The second kappa shape index (κ2) is 9.99. The lowest BCUT2D eigenvalue weighted by Crippen LogP contribution is -2.44. The lowest BCUT2D eigenvalue weighted by Gasteiger charge is -2.34. The molecule has 8 nitrogen and oxygen atoms in total. The maximum Gasteiger partial charge on any atom is 0.229 e. The fraction of sp³-hybridized carbons (Fsp3) is 0.333. The lowest BCUT2D eigenvalue weighted by molar-refractivity contribution is 0.312. The van der Waals surface area contributed by atoms with Gasteiger partial charge in [-0.25, -0.2) is 9.37 Å². The van der Waals surface area contributed by atoms with Gasteiger partial charge in [-0.05, 0) is 44.6 Å². The number of para-hydroxylation sites is 1. The van der Waals surface area contributed by atoms with E-state index in [2.05, 4.69) is 37.4 Å². The molecule has 2 aromatic carbocycles. The normalized spacial score (nSPS) is 14.7. The van der Waals surface area contributed by atoms with Gasteiger partial charge < -0.3 is 29.7 Å². The molecule has 0 bridgehead atoms. The van der Waals surface area contributed by atoms with E-state index in [0.717, 1.165) is 38.1 Å². The van der Waals surface area contributed by atoms with Gasteiger partial charge in [0.1, 0.15) is 12.9 Å². The number of benzene rings is 2. The smallest absolute Gasteiger partial charge is 0.229 e. The first-order chi connectivity index (χ1) is 16.2. The van der Waals surface area contributed by atoms with Crippen LogP contribution in [0.3, 0.4) is 0 Å². The number of halogens is 1. The second-order valence-corrected chi connectivity index (χ2v) is 11.9. The van der Waals surface area contributed by atoms with Crippen molar-refractivity contribution in [1.82, 2.24) is 14.9 Å². The fourth-order valence-electron chi connectivity index (χ4n) is 3.86. The van der Waals surface area contributed by atoms with E-state index in [1.165, 1.54) is 0 Å². The largest absolute Gasteiger partial charge is 0.494 e. The summed E-state index contributed by atoms with van der Waals surface area (Å²) in [6, 6.07) is 13.0. The number of likely N-dealkylation sites (N-methyl/N-ethyl adjacent to an activating group) is 1. The van der Waals surface area contributed by atoms with Crippen LogP contribution in [0.1, 0.15) is 0 Å². The van der Waals surface area contributed by atoms with Crippen LogP contribution in [0.2, 0.25) is 0 Å². The van der Waals surface area contributed by atoms with E-state index in [4.69, 9.17) is 4.74 Å². The van der Waals surface area contributed by atoms with Gasteiger partial charge in [0.2, 0.25) is 5.95 Å². The number of hydrogen-bond donors (Lipinski definition) is 2. The summed E-state index contributed by atoms with van der Waals surface area (Å²) < 4.78 is 32.8. The third-order valence-corrected chi connectivity index (χ3v) is 7.33. The predicted molar refractivity (Wildman–Crippen MR) is 137 cm³/mol. The number of aromatic nitrogens is 2. The molecule has 0 spiro atoms. The van der Waals surface area contributed by atoms with Crippen molar-refractivity contribution in [2.75, 3.05) is 69.2 Å². The van der Waals surface area contributed by atoms with Crippen molar-refractivity contribution in [3.8, 4) is 5.75 Å². The highest BCUT2D eigenvalue weighted by Gasteiger charge is 2.19. The first-order valence-corrected chi connectivity index (χ1v) is 13.7. The molecule has 2 N–H and O–H groups in total. The minimum atomic E-state index is -2.57. The molecule has 0 aliphatic carbocycles. The Hall–Kier alpha value is -3.16. The number of hydrogen-bond acceptors (Lipinski definition) is 8. The van der Waals surface area contributed by atoms with E-state index < -0.39 is 13.0 Å². The van der Waals surface area contributed by atoms with Crippen molar-refractivity contribution in [2.45, 2.75) is 0 Å². The average Bonchev–Trinajstić information content (AvgIpc) is 2.81. The highest BCUT2D eigenvalue weighted by atomic mass is 31.2. The van der Waals surface area contributed by atoms with Gasteiger partial charge >= 0.3 is 0 Å². The van der Waals surface area contributed by atoms with Crippen molar-refractivity contribution < 1.29 is 13.7 Å². The van der Waals surface area contributed by atoms with Gasteiger partial charge in [-0.3, -0.25) is 0 Å². The maximum atomic E-state index is 14.5. The number of piperazine rings is 1. The van der Waals surface area contributed by atoms with Crippen molar-refractivity contribution in [2.24, 2.45) is 0 Å². The summed E-state index contributed by atoms with van der Waals surface area (Å²) in [5.41, 5.74) is 2.30. The molecule has 10 heteroatoms. The number of ether oxygens (including phenoxy) is 1. The van der Waals surface area contributed by atoms with Gasteiger partial charge in [0.05, 0.1) is 24.7 Å². The van der Waals surface area contributed by atoms with Crippen molar-refractivity contribution in [3.63, 3.8) is 0 Å². The molecule has 3 aromatic rings. The van der Waals surface area contributed by atoms with Crippen molar-refractivity contribution in [1.29, 1.82) is 0 Å². The summed E-state index contributed by atoms with van der Waals surface area (Å²) in [4.78, 5) is 13.0. The minimum absolute atomic E-state index is 0.00794. The molecule has 0 radical (unpaired) electrons. The van der Waals surface area contributed by atoms with E-state index in [9.17, 15) is 8.96 Å². The maximum absolute atomic E-state index is 14.5. The molecule has 0 atom stereocenters. The number of nitrogens with zero attached hydrogens (tertiary/aromatic N) is 4. The Morgan fingerprint density at radius 3 is 2.47 bits per heavy atom. The molecule has 180 valence electrons. The van der Waals surface area contributed by atoms with Gasteiger partial charge in [-0.2, -0.15) is 4.98 Å². The van der Waals surface area contributed by atoms with Crippen molar-refractivity contribution in [3.05, 3.63) is 54.5 Å². The van der Waals surface area contributed by atoms with Crippen LogP contribution < -0.4 is 25.6 Å². The van der Waals surface area contributed by atoms with Gasteiger partial charge in [0.25, 0.3) is 0 Å². The standard InChI is InChI=1S/C24H30FN6O2P/c1-30-11-13-31(14-12-30)17-9-10-19(21(15-17)33-2)28-24-26-16-18(25)23(29-24)27-20-7-5-6-8-22(20)34(3,4)32/h5-10,15-16H,11-14H2,1-4H3,(H2,26,27,28,29). The first kappa shape index (κ1) is 24.0. The van der Waals surface area contributed by atoms with Crippen LogP contribution in [0.15, 0.2) is 48.7 Å². The first-order valence-electron chi connectivity index (χ1n) is 11.1. The molecule has 0 unspecified atom stereocenters. The van der Waals surface area contributed by atoms with Gasteiger partial charge in [-0.1, -0.05) is 12.1 Å². The van der Waals surface area contributed by atoms with E-state index in [1.807, 2.05) is 24.3 Å². The summed E-state index contributed by atoms with van der Waals surface area (Å²) in [6.07, 6.45) is 1.10. The summed E-state index contributed by atoms with van der Waals surface area (Å²) in [5.74, 6) is 0.233.